The molecule has 9 heteroatoms. The highest BCUT2D eigenvalue weighted by molar-refractivity contribution is 7.08. The molecule has 3 amide bonds. The van der Waals surface area contributed by atoms with Crippen LogP contribution in [0.1, 0.15) is 48.3 Å². The first-order valence-corrected chi connectivity index (χ1v) is 16.7. The fourth-order valence-corrected chi connectivity index (χ4v) is 7.14. The van der Waals surface area contributed by atoms with Crippen molar-refractivity contribution in [2.24, 2.45) is 0 Å². The Bertz CT molecular complexity index is 1790. The molecule has 7 nitrogen and oxygen atoms in total. The molecule has 1 aliphatic rings. The zero-order valence-corrected chi connectivity index (χ0v) is 27.2. The van der Waals surface area contributed by atoms with E-state index in [9.17, 15) is 14.0 Å². The summed E-state index contributed by atoms with van der Waals surface area (Å²) in [5.41, 5.74) is 6.79. The summed E-state index contributed by atoms with van der Waals surface area (Å²) < 4.78 is 13.5. The van der Waals surface area contributed by atoms with Crippen LogP contribution in [0.5, 0.6) is 0 Å². The summed E-state index contributed by atoms with van der Waals surface area (Å²) in [7, 11) is 4.03. The number of aromatic nitrogens is 1. The van der Waals surface area contributed by atoms with Crippen LogP contribution < -0.4 is 10.6 Å². The number of nitrogens with one attached hydrogen (secondary N) is 3. The van der Waals surface area contributed by atoms with Gasteiger partial charge < -0.3 is 25.4 Å². The van der Waals surface area contributed by atoms with Gasteiger partial charge in [0.05, 0.1) is 0 Å². The molecule has 3 aromatic carbocycles. The van der Waals surface area contributed by atoms with E-state index in [4.69, 9.17) is 0 Å². The van der Waals surface area contributed by atoms with Crippen molar-refractivity contribution in [1.29, 1.82) is 0 Å². The number of fused-ring (bicyclic) bond motifs is 1. The third-order valence-electron chi connectivity index (χ3n) is 8.97. The average molecular weight is 638 g/mol. The number of rotatable bonds is 9. The van der Waals surface area contributed by atoms with Gasteiger partial charge in [-0.25, -0.2) is 9.18 Å². The molecule has 1 fully saturated rings. The first-order chi connectivity index (χ1) is 22.3. The third-order valence-corrected chi connectivity index (χ3v) is 9.65. The molecular weight excluding hydrogens is 598 g/mol. The van der Waals surface area contributed by atoms with Crippen LogP contribution in [0.25, 0.3) is 22.0 Å². The van der Waals surface area contributed by atoms with Gasteiger partial charge in [0.2, 0.25) is 5.91 Å². The van der Waals surface area contributed by atoms with E-state index in [-0.39, 0.29) is 29.6 Å². The number of thiophene rings is 1. The minimum absolute atomic E-state index is 0.249. The zero-order valence-electron chi connectivity index (χ0n) is 26.4. The SMILES string of the molecule is CC(c1c[nH]c2ccccc12)C(NC(=O)N1CCC(c2ccc(F)cc2)CC1)C(=O)Nc1cc(CN(C)C)ccc1-c1ccsc1. The average Bonchev–Trinajstić information content (AvgIpc) is 3.74. The smallest absolute Gasteiger partial charge is 0.318 e. The van der Waals surface area contributed by atoms with Crippen molar-refractivity contribution in [3.63, 3.8) is 0 Å². The highest BCUT2D eigenvalue weighted by atomic mass is 32.1. The summed E-state index contributed by atoms with van der Waals surface area (Å²) in [6, 6.07) is 21.8. The molecule has 6 rings (SSSR count). The molecular formula is C37H40FN5O2S. The van der Waals surface area contributed by atoms with Gasteiger partial charge in [-0.1, -0.05) is 49.4 Å². The Morgan fingerprint density at radius 1 is 1.04 bits per heavy atom. The van der Waals surface area contributed by atoms with Crippen molar-refractivity contribution >= 4 is 39.9 Å². The molecule has 3 N–H and O–H groups in total. The van der Waals surface area contributed by atoms with Crippen LogP contribution in [0.3, 0.4) is 0 Å². The second-order valence-electron chi connectivity index (χ2n) is 12.4. The van der Waals surface area contributed by atoms with E-state index in [0.717, 1.165) is 58.1 Å². The maximum Gasteiger partial charge on any atom is 0.318 e. The van der Waals surface area contributed by atoms with Crippen molar-refractivity contribution in [2.45, 2.75) is 44.2 Å². The Kier molecular flexibility index (Phi) is 9.51. The Balaban J connectivity index is 1.26. The lowest BCUT2D eigenvalue weighted by atomic mass is 9.89. The molecule has 2 atom stereocenters. The normalized spacial score (nSPS) is 15.2. The number of urea groups is 1. The fourth-order valence-electron chi connectivity index (χ4n) is 6.48. The summed E-state index contributed by atoms with van der Waals surface area (Å²) in [6.45, 7) is 3.83. The number of likely N-dealkylation sites (tertiary alicyclic amines) is 1. The van der Waals surface area contributed by atoms with Crippen molar-refractivity contribution in [3.8, 4) is 11.1 Å². The molecule has 0 saturated carbocycles. The van der Waals surface area contributed by atoms with Gasteiger partial charge in [0, 0.05) is 53.9 Å². The van der Waals surface area contributed by atoms with Crippen LogP contribution in [0.2, 0.25) is 0 Å². The van der Waals surface area contributed by atoms with Crippen LogP contribution in [-0.4, -0.2) is 59.9 Å². The monoisotopic (exact) mass is 637 g/mol. The number of anilines is 1. The van der Waals surface area contributed by atoms with Crippen molar-refractivity contribution in [1.82, 2.24) is 20.1 Å². The number of aromatic amines is 1. The quantitative estimate of drug-likeness (QED) is 0.154. The molecule has 2 unspecified atom stereocenters. The molecule has 1 saturated heterocycles. The molecule has 0 spiro atoms. The number of amides is 3. The van der Waals surface area contributed by atoms with E-state index in [1.165, 1.54) is 12.1 Å². The second kappa shape index (κ2) is 13.9. The second-order valence-corrected chi connectivity index (χ2v) is 13.2. The molecule has 0 bridgehead atoms. The molecule has 0 aliphatic carbocycles. The largest absolute Gasteiger partial charge is 0.361 e. The predicted octanol–water partition coefficient (Wildman–Crippen LogP) is 7.80. The molecule has 5 aromatic rings. The Hall–Kier alpha value is -4.47. The first-order valence-electron chi connectivity index (χ1n) is 15.7. The minimum atomic E-state index is -0.839. The van der Waals surface area contributed by atoms with E-state index in [2.05, 4.69) is 38.0 Å². The van der Waals surface area contributed by atoms with Gasteiger partial charge in [0.25, 0.3) is 0 Å². The summed E-state index contributed by atoms with van der Waals surface area (Å²) in [6.07, 6.45) is 3.48. The van der Waals surface area contributed by atoms with Gasteiger partial charge in [0.15, 0.2) is 0 Å². The lowest BCUT2D eigenvalue weighted by Gasteiger charge is -2.34. The number of benzene rings is 3. The number of piperidine rings is 1. The van der Waals surface area contributed by atoms with Gasteiger partial charge >= 0.3 is 6.03 Å². The number of nitrogens with zero attached hydrogens (tertiary/aromatic N) is 2. The van der Waals surface area contributed by atoms with E-state index < -0.39 is 6.04 Å². The minimum Gasteiger partial charge on any atom is -0.361 e. The number of halogens is 1. The molecule has 1 aliphatic heterocycles. The number of hydrogen-bond acceptors (Lipinski definition) is 4. The van der Waals surface area contributed by atoms with Crippen LogP contribution in [0, 0.1) is 5.82 Å². The Labute approximate surface area is 273 Å². The number of para-hydroxylation sites is 1. The van der Waals surface area contributed by atoms with Crippen LogP contribution >= 0.6 is 11.3 Å². The van der Waals surface area contributed by atoms with Gasteiger partial charge in [-0.15, -0.1) is 0 Å². The molecule has 3 heterocycles. The van der Waals surface area contributed by atoms with Crippen LogP contribution in [0.4, 0.5) is 14.9 Å². The Morgan fingerprint density at radius 2 is 1.80 bits per heavy atom. The predicted molar refractivity (Wildman–Crippen MR) is 185 cm³/mol. The van der Waals surface area contributed by atoms with Crippen LogP contribution in [0.15, 0.2) is 89.8 Å². The lowest BCUT2D eigenvalue weighted by Crippen LogP contribution is -2.53. The van der Waals surface area contributed by atoms with Crippen LogP contribution in [-0.2, 0) is 11.3 Å². The fraction of sp³-hybridized carbons (Fsp3) is 0.297. The summed E-state index contributed by atoms with van der Waals surface area (Å²) >= 11 is 1.61. The summed E-state index contributed by atoms with van der Waals surface area (Å²) in [5, 5.41) is 11.5. The molecule has 0 radical (unpaired) electrons. The van der Waals surface area contributed by atoms with Gasteiger partial charge in [-0.05, 0) is 96.2 Å². The van der Waals surface area contributed by atoms with Gasteiger partial charge in [-0.2, -0.15) is 11.3 Å². The Morgan fingerprint density at radius 3 is 2.52 bits per heavy atom. The number of carbonyl (C=O) groups excluding carboxylic acids is 2. The highest BCUT2D eigenvalue weighted by Crippen LogP contribution is 2.34. The highest BCUT2D eigenvalue weighted by Gasteiger charge is 2.33. The number of H-pyrrole nitrogens is 1. The van der Waals surface area contributed by atoms with E-state index in [1.54, 1.807) is 16.2 Å². The first kappa shape index (κ1) is 31.5. The van der Waals surface area contributed by atoms with E-state index in [0.29, 0.717) is 18.8 Å². The number of hydrogen-bond donors (Lipinski definition) is 3. The zero-order chi connectivity index (χ0) is 32.2. The maximum atomic E-state index is 14.3. The van der Waals surface area contributed by atoms with Gasteiger partial charge in [-0.3, -0.25) is 4.79 Å². The maximum absolute atomic E-state index is 14.3. The molecule has 238 valence electrons. The summed E-state index contributed by atoms with van der Waals surface area (Å²) in [5.74, 6) is -0.586. The van der Waals surface area contributed by atoms with Gasteiger partial charge in [0.1, 0.15) is 11.9 Å². The summed E-state index contributed by atoms with van der Waals surface area (Å²) in [4.78, 5) is 35.3. The number of carbonyl (C=O) groups is 2. The van der Waals surface area contributed by atoms with Crippen molar-refractivity contribution in [3.05, 3.63) is 112 Å². The van der Waals surface area contributed by atoms with Crippen molar-refractivity contribution in [2.75, 3.05) is 32.5 Å². The molecule has 2 aromatic heterocycles. The van der Waals surface area contributed by atoms with E-state index in [1.807, 2.05) is 81.1 Å². The standard InChI is InChI=1S/C37H40FN5O2S/c1-24(32-21-39-33-7-5-4-6-31(32)33)35(41-37(45)43-17-14-27(15-18-43)26-9-11-29(38)12-10-26)36(44)40-34-20-25(22-42(2)3)8-13-30(34)28-16-19-46-23-28/h4-13,16,19-21,23-24,27,35,39H,14-15,17-18,22H2,1-3H3,(H,40,44)(H,41,45). The van der Waals surface area contributed by atoms with E-state index >= 15 is 0 Å². The molecule has 46 heavy (non-hydrogen) atoms. The lowest BCUT2D eigenvalue weighted by molar-refractivity contribution is -0.118. The van der Waals surface area contributed by atoms with Crippen molar-refractivity contribution < 1.29 is 14.0 Å². The topological polar surface area (TPSA) is 80.5 Å². The third kappa shape index (κ3) is 7.00.